The molecule has 0 spiro atoms. The molecule has 0 aliphatic rings. The number of amides is 4. The molecule has 0 heterocycles. The summed E-state index contributed by atoms with van der Waals surface area (Å²) in [5, 5.41) is -0.0439. The molecule has 29 heavy (non-hydrogen) atoms. The van der Waals surface area contributed by atoms with Crippen molar-refractivity contribution in [2.45, 2.75) is 5.12 Å². The Morgan fingerprint density at radius 1 is 0.862 bits per heavy atom. The quantitative estimate of drug-likeness (QED) is 0.130. The summed E-state index contributed by atoms with van der Waals surface area (Å²) in [7, 11) is -9.19. The van der Waals surface area contributed by atoms with Gasteiger partial charge in [0.2, 0.25) is 0 Å². The fourth-order valence-electron chi connectivity index (χ4n) is 1.58. The third kappa shape index (κ3) is 5.85. The van der Waals surface area contributed by atoms with Crippen LogP contribution in [0.2, 0.25) is 0 Å². The maximum absolute atomic E-state index is 13.1. The lowest BCUT2D eigenvalue weighted by Gasteiger charge is -2.42. The van der Waals surface area contributed by atoms with Crippen molar-refractivity contribution in [3.63, 3.8) is 0 Å². The zero-order valence-electron chi connectivity index (χ0n) is 16.4. The highest BCUT2D eigenvalue weighted by molar-refractivity contribution is 7.94. The molecule has 0 radical (unpaired) electrons. The minimum absolute atomic E-state index is 0.347. The molecule has 172 valence electrons. The molecule has 0 fully saturated rings. The number of carbonyl (C=O) groups is 2. The van der Waals surface area contributed by atoms with Crippen LogP contribution >= 0.6 is 0 Å². The Balaban J connectivity index is 7.40. The summed E-state index contributed by atoms with van der Waals surface area (Å²) in [5.41, 5.74) is 6.64. The lowest BCUT2D eigenvalue weighted by molar-refractivity contribution is 0.150. The maximum Gasteiger partial charge on any atom is 0.330 e. The van der Waals surface area contributed by atoms with Crippen LogP contribution in [0.25, 0.3) is 0 Å². The van der Waals surface area contributed by atoms with Gasteiger partial charge in [-0.3, -0.25) is 10.7 Å². The van der Waals surface area contributed by atoms with Crippen LogP contribution in [0.15, 0.2) is 0 Å². The van der Waals surface area contributed by atoms with Crippen molar-refractivity contribution < 1.29 is 34.8 Å². The molecule has 1 unspecified atom stereocenters. The second-order valence-corrected chi connectivity index (χ2v) is 11.4. The van der Waals surface area contributed by atoms with Crippen molar-refractivity contribution in [2.75, 3.05) is 42.3 Å². The zero-order chi connectivity index (χ0) is 23.4. The molecule has 0 aromatic heterocycles. The number of primary amides is 1. The molecule has 1 atom stereocenters. The molecule has 17 nitrogen and oxygen atoms in total. The van der Waals surface area contributed by atoms with E-state index in [0.717, 1.165) is 42.3 Å². The van der Waals surface area contributed by atoms with Gasteiger partial charge in [-0.2, -0.15) is 21.1 Å². The zero-order valence-corrected chi connectivity index (χ0v) is 18.9. The molecular formula is C9H25N9O8S3. The van der Waals surface area contributed by atoms with Crippen LogP contribution in [0.3, 0.4) is 0 Å². The van der Waals surface area contributed by atoms with Crippen LogP contribution in [-0.2, 0) is 30.4 Å². The molecule has 0 aliphatic carbocycles. The number of hydrazine groups is 1. The van der Waals surface area contributed by atoms with Gasteiger partial charge in [0.05, 0.1) is 0 Å². The highest BCUT2D eigenvalue weighted by atomic mass is 32.2. The van der Waals surface area contributed by atoms with Gasteiger partial charge in [-0.15, -0.1) is 4.72 Å². The first kappa shape index (κ1) is 27.2. The van der Waals surface area contributed by atoms with Crippen LogP contribution in [0.4, 0.5) is 9.59 Å². The Morgan fingerprint density at radius 3 is 1.66 bits per heavy atom. The maximum atomic E-state index is 13.1. The summed E-state index contributed by atoms with van der Waals surface area (Å²) in [5.74, 6) is 0. The minimum atomic E-state index is -5.14. The van der Waals surface area contributed by atoms with Crippen molar-refractivity contribution in [2.24, 2.45) is 5.73 Å². The Bertz CT molecular complexity index is 930. The predicted octanol–water partition coefficient (Wildman–Crippen LogP) is -4.84. The predicted molar refractivity (Wildman–Crippen MR) is 101 cm³/mol. The molecule has 0 aromatic carbocycles. The molecule has 0 aliphatic heterocycles. The van der Waals surface area contributed by atoms with E-state index in [2.05, 4.69) is 0 Å². The normalized spacial score (nSPS) is 15.2. The number of hydrogen-bond donors (Lipinski definition) is 6. The number of urea groups is 2. The van der Waals surface area contributed by atoms with E-state index >= 15 is 0 Å². The Hall–Kier alpha value is -1.81. The summed E-state index contributed by atoms with van der Waals surface area (Å²) in [6.07, 6.45) is 0. The molecular weight excluding hydrogens is 458 g/mol. The molecule has 0 bridgehead atoms. The van der Waals surface area contributed by atoms with E-state index < -0.39 is 47.6 Å². The van der Waals surface area contributed by atoms with Crippen molar-refractivity contribution in [3.8, 4) is 0 Å². The minimum Gasteiger partial charge on any atom is -0.352 e. The van der Waals surface area contributed by atoms with Crippen LogP contribution < -0.4 is 31.2 Å². The monoisotopic (exact) mass is 483 g/mol. The number of nitrogens with one attached hydrogen (secondary N) is 5. The van der Waals surface area contributed by atoms with Crippen molar-refractivity contribution in [1.82, 2.24) is 38.5 Å². The van der Waals surface area contributed by atoms with E-state index in [1.807, 2.05) is 5.32 Å². The molecule has 7 N–H and O–H groups in total. The SMILES string of the molecule is CNC(=O)NN(C(NC(N)=O)(NS(=O)(=O)N(C)C)S(=O)(=O)N(C)C)S(=O)(=O)NC. The smallest absolute Gasteiger partial charge is 0.330 e. The van der Waals surface area contributed by atoms with Gasteiger partial charge in [0, 0.05) is 42.3 Å². The van der Waals surface area contributed by atoms with Gasteiger partial charge in [0.25, 0.3) is 20.2 Å². The van der Waals surface area contributed by atoms with Gasteiger partial charge < -0.3 is 11.1 Å². The van der Waals surface area contributed by atoms with E-state index in [0.29, 0.717) is 8.61 Å². The average Bonchev–Trinajstić information content (AvgIpc) is 2.57. The Kier molecular flexibility index (Phi) is 8.75. The largest absolute Gasteiger partial charge is 0.352 e. The van der Waals surface area contributed by atoms with E-state index in [1.165, 1.54) is 0 Å². The Morgan fingerprint density at radius 2 is 1.34 bits per heavy atom. The van der Waals surface area contributed by atoms with Gasteiger partial charge in [-0.25, -0.2) is 27.0 Å². The summed E-state index contributed by atoms with van der Waals surface area (Å²) < 4.78 is 79.9. The van der Waals surface area contributed by atoms with Crippen LogP contribution in [0, 0.1) is 0 Å². The topological polar surface area (TPSA) is 232 Å². The fourth-order valence-corrected chi connectivity index (χ4v) is 5.46. The number of hydrogen-bond acceptors (Lipinski definition) is 8. The second-order valence-electron chi connectivity index (χ2n) is 5.47. The van der Waals surface area contributed by atoms with E-state index in [-0.39, 0.29) is 4.41 Å². The first-order valence-electron chi connectivity index (χ1n) is 7.34. The number of nitrogens with two attached hydrogens (primary N) is 1. The standard InChI is InChI=1S/C9H25N9O8S3/c1-11-8(20)14-18(28(23,24)12-2)9(13-7(10)19,27(21,22)16(3)4)15-29(25,26)17(5)6/h12,15H,1-6H3,(H3,10,13,19)(H2,11,14,20). The average molecular weight is 484 g/mol. The molecule has 0 saturated carbocycles. The first-order chi connectivity index (χ1) is 12.9. The number of rotatable bonds is 10. The molecule has 20 heteroatoms. The highest BCUT2D eigenvalue weighted by Gasteiger charge is 2.60. The van der Waals surface area contributed by atoms with Gasteiger partial charge >= 0.3 is 27.4 Å². The summed E-state index contributed by atoms with van der Waals surface area (Å²) >= 11 is 0. The molecule has 4 amide bonds. The van der Waals surface area contributed by atoms with Gasteiger partial charge in [-0.05, 0) is 4.41 Å². The van der Waals surface area contributed by atoms with Gasteiger partial charge in [-0.1, -0.05) is 0 Å². The van der Waals surface area contributed by atoms with Crippen LogP contribution in [-0.4, -0.2) is 97.7 Å². The summed E-state index contributed by atoms with van der Waals surface area (Å²) in [6, 6.07) is -2.93. The summed E-state index contributed by atoms with van der Waals surface area (Å²) in [6.45, 7) is 0. The summed E-state index contributed by atoms with van der Waals surface area (Å²) in [4.78, 5) is 23.4. The number of nitrogens with zero attached hydrogens (tertiary/aromatic N) is 3. The van der Waals surface area contributed by atoms with Crippen LogP contribution in [0.5, 0.6) is 0 Å². The van der Waals surface area contributed by atoms with Crippen molar-refractivity contribution in [3.05, 3.63) is 0 Å². The molecule has 0 rings (SSSR count). The fraction of sp³-hybridized carbons (Fsp3) is 0.778. The van der Waals surface area contributed by atoms with E-state index in [9.17, 15) is 34.8 Å². The second kappa shape index (κ2) is 9.34. The third-order valence-electron chi connectivity index (χ3n) is 3.11. The van der Waals surface area contributed by atoms with Gasteiger partial charge in [0.15, 0.2) is 0 Å². The highest BCUT2D eigenvalue weighted by Crippen LogP contribution is 2.22. The van der Waals surface area contributed by atoms with E-state index in [1.54, 1.807) is 20.2 Å². The number of carbonyl (C=O) groups excluding carboxylic acids is 2. The van der Waals surface area contributed by atoms with Crippen molar-refractivity contribution in [1.29, 1.82) is 0 Å². The lowest BCUT2D eigenvalue weighted by atomic mass is 10.8. The van der Waals surface area contributed by atoms with Crippen LogP contribution in [0.1, 0.15) is 0 Å². The van der Waals surface area contributed by atoms with E-state index in [4.69, 9.17) is 5.73 Å². The molecule has 0 saturated heterocycles. The first-order valence-corrected chi connectivity index (χ1v) is 11.7. The Labute approximate surface area is 169 Å². The number of sulfonamides is 1. The lowest BCUT2D eigenvalue weighted by Crippen LogP contribution is -2.81. The third-order valence-corrected chi connectivity index (χ3v) is 8.33. The van der Waals surface area contributed by atoms with Gasteiger partial charge in [0.1, 0.15) is 0 Å². The van der Waals surface area contributed by atoms with Crippen molar-refractivity contribution >= 4 is 42.5 Å². The molecule has 0 aromatic rings.